The molecule has 0 aromatic heterocycles. The van der Waals surface area contributed by atoms with E-state index in [0.717, 1.165) is 26.1 Å². The van der Waals surface area contributed by atoms with Gasteiger partial charge in [-0.25, -0.2) is 4.79 Å². The van der Waals surface area contributed by atoms with Crippen molar-refractivity contribution in [2.24, 2.45) is 5.41 Å². The number of nitrogens with zero attached hydrogens (tertiary/aromatic N) is 1. The van der Waals surface area contributed by atoms with Crippen molar-refractivity contribution in [1.29, 1.82) is 0 Å². The van der Waals surface area contributed by atoms with Crippen molar-refractivity contribution in [2.75, 3.05) is 19.6 Å². The summed E-state index contributed by atoms with van der Waals surface area (Å²) in [7, 11) is 0. The summed E-state index contributed by atoms with van der Waals surface area (Å²) in [6.07, 6.45) is 0.870. The Labute approximate surface area is 97.3 Å². The highest BCUT2D eigenvalue weighted by atomic mass is 16.6. The summed E-state index contributed by atoms with van der Waals surface area (Å²) in [5.74, 6) is 0. The predicted octanol–water partition coefficient (Wildman–Crippen LogP) is 1.61. The molecule has 1 amide bonds. The van der Waals surface area contributed by atoms with Gasteiger partial charge in [-0.3, -0.25) is 0 Å². The first kappa shape index (κ1) is 11.7. The summed E-state index contributed by atoms with van der Waals surface area (Å²) in [5, 5.41) is 3.42. The fourth-order valence-corrected chi connectivity index (χ4v) is 2.49. The molecule has 0 spiro atoms. The lowest BCUT2D eigenvalue weighted by Gasteiger charge is -2.54. The third-order valence-electron chi connectivity index (χ3n) is 3.49. The monoisotopic (exact) mass is 226 g/mol. The van der Waals surface area contributed by atoms with Gasteiger partial charge >= 0.3 is 6.09 Å². The van der Waals surface area contributed by atoms with E-state index in [1.54, 1.807) is 0 Å². The molecule has 4 heteroatoms. The third-order valence-corrected chi connectivity index (χ3v) is 3.49. The van der Waals surface area contributed by atoms with E-state index in [1.165, 1.54) is 0 Å². The fraction of sp³-hybridized carbons (Fsp3) is 0.917. The molecule has 0 radical (unpaired) electrons. The second-order valence-electron chi connectivity index (χ2n) is 6.28. The summed E-state index contributed by atoms with van der Waals surface area (Å²) >= 11 is 0. The quantitative estimate of drug-likeness (QED) is 0.682. The van der Waals surface area contributed by atoms with Crippen LogP contribution in [0.2, 0.25) is 0 Å². The normalized spacial score (nSPS) is 34.0. The van der Waals surface area contributed by atoms with Crippen LogP contribution in [0.25, 0.3) is 0 Å². The summed E-state index contributed by atoms with van der Waals surface area (Å²) in [5.41, 5.74) is -0.137. The van der Waals surface area contributed by atoms with E-state index in [1.807, 2.05) is 25.7 Å². The molecule has 0 unspecified atom stereocenters. The molecule has 2 rings (SSSR count). The van der Waals surface area contributed by atoms with Gasteiger partial charge in [-0.2, -0.15) is 0 Å². The van der Waals surface area contributed by atoms with Gasteiger partial charge in [-0.05, 0) is 27.2 Å². The molecule has 1 N–H and O–H groups in total. The number of piperidine rings is 1. The first-order chi connectivity index (χ1) is 7.30. The van der Waals surface area contributed by atoms with Gasteiger partial charge in [0.1, 0.15) is 5.60 Å². The lowest BCUT2D eigenvalue weighted by atomic mass is 9.71. The molecule has 16 heavy (non-hydrogen) atoms. The number of hydrogen-bond acceptors (Lipinski definition) is 3. The van der Waals surface area contributed by atoms with Gasteiger partial charge in [-0.15, -0.1) is 0 Å². The Morgan fingerprint density at radius 3 is 2.62 bits per heavy atom. The maximum absolute atomic E-state index is 11.9. The van der Waals surface area contributed by atoms with E-state index >= 15 is 0 Å². The van der Waals surface area contributed by atoms with Crippen LogP contribution >= 0.6 is 0 Å². The van der Waals surface area contributed by atoms with E-state index < -0.39 is 5.60 Å². The number of carbonyl (C=O) groups excluding carboxylic acids is 1. The minimum absolute atomic E-state index is 0.168. The SMILES string of the molecule is CC(C)(C)OC(=O)N1CC[C@H]2NC[C@@]2(C)C1. The summed E-state index contributed by atoms with van der Waals surface area (Å²) in [4.78, 5) is 13.8. The molecule has 0 aromatic carbocycles. The number of ether oxygens (including phenoxy) is 1. The topological polar surface area (TPSA) is 41.6 Å². The Bertz CT molecular complexity index is 298. The van der Waals surface area contributed by atoms with Crippen LogP contribution in [0.5, 0.6) is 0 Å². The van der Waals surface area contributed by atoms with Gasteiger partial charge in [0.25, 0.3) is 0 Å². The molecule has 2 aliphatic rings. The van der Waals surface area contributed by atoms with Crippen molar-refractivity contribution >= 4 is 6.09 Å². The second kappa shape index (κ2) is 3.62. The highest BCUT2D eigenvalue weighted by molar-refractivity contribution is 5.68. The van der Waals surface area contributed by atoms with Crippen LogP contribution in [-0.2, 0) is 4.74 Å². The van der Waals surface area contributed by atoms with Crippen LogP contribution in [0, 0.1) is 5.41 Å². The minimum atomic E-state index is -0.396. The predicted molar refractivity (Wildman–Crippen MR) is 62.3 cm³/mol. The zero-order valence-corrected chi connectivity index (χ0v) is 10.7. The Kier molecular flexibility index (Phi) is 2.65. The number of rotatable bonds is 0. The number of carbonyl (C=O) groups is 1. The molecule has 2 heterocycles. The molecule has 0 aliphatic carbocycles. The van der Waals surface area contributed by atoms with E-state index in [9.17, 15) is 4.79 Å². The zero-order valence-electron chi connectivity index (χ0n) is 10.7. The Morgan fingerprint density at radius 1 is 1.50 bits per heavy atom. The summed E-state index contributed by atoms with van der Waals surface area (Å²) < 4.78 is 5.40. The molecule has 2 saturated heterocycles. The number of nitrogens with one attached hydrogen (secondary N) is 1. The first-order valence-electron chi connectivity index (χ1n) is 6.01. The maximum Gasteiger partial charge on any atom is 0.410 e. The molecule has 2 atom stereocenters. The van der Waals surface area contributed by atoms with E-state index in [4.69, 9.17) is 4.74 Å². The summed E-state index contributed by atoms with van der Waals surface area (Å²) in [6, 6.07) is 0.589. The molecule has 2 aliphatic heterocycles. The fourth-order valence-electron chi connectivity index (χ4n) is 2.49. The van der Waals surface area contributed by atoms with Gasteiger partial charge in [-0.1, -0.05) is 6.92 Å². The number of fused-ring (bicyclic) bond motifs is 1. The van der Waals surface area contributed by atoms with Crippen LogP contribution in [0.3, 0.4) is 0 Å². The average Bonchev–Trinajstić information content (AvgIpc) is 2.09. The highest BCUT2D eigenvalue weighted by Crippen LogP contribution is 2.36. The van der Waals surface area contributed by atoms with Gasteiger partial charge < -0.3 is 15.0 Å². The van der Waals surface area contributed by atoms with E-state index in [2.05, 4.69) is 12.2 Å². The number of amides is 1. The smallest absolute Gasteiger partial charge is 0.410 e. The molecular weight excluding hydrogens is 204 g/mol. The zero-order chi connectivity index (χ0) is 12.0. The number of likely N-dealkylation sites (tertiary alicyclic amines) is 1. The van der Waals surface area contributed by atoms with Crippen LogP contribution in [0.1, 0.15) is 34.1 Å². The second-order valence-corrected chi connectivity index (χ2v) is 6.28. The van der Waals surface area contributed by atoms with E-state index in [0.29, 0.717) is 6.04 Å². The van der Waals surface area contributed by atoms with Crippen molar-refractivity contribution in [3.63, 3.8) is 0 Å². The van der Waals surface area contributed by atoms with Gasteiger partial charge in [0.15, 0.2) is 0 Å². The molecule has 0 bridgehead atoms. The largest absolute Gasteiger partial charge is 0.444 e. The lowest BCUT2D eigenvalue weighted by Crippen LogP contribution is -2.69. The van der Waals surface area contributed by atoms with Gasteiger partial charge in [0, 0.05) is 31.1 Å². The minimum Gasteiger partial charge on any atom is -0.444 e. The molecular formula is C12H22N2O2. The average molecular weight is 226 g/mol. The molecule has 0 saturated carbocycles. The van der Waals surface area contributed by atoms with Crippen molar-refractivity contribution in [2.45, 2.75) is 45.8 Å². The van der Waals surface area contributed by atoms with Crippen molar-refractivity contribution < 1.29 is 9.53 Å². The van der Waals surface area contributed by atoms with Crippen molar-refractivity contribution in [3.05, 3.63) is 0 Å². The number of hydrogen-bond donors (Lipinski definition) is 1. The Balaban J connectivity index is 1.93. The molecule has 0 aromatic rings. The molecule has 2 fully saturated rings. The van der Waals surface area contributed by atoms with Crippen molar-refractivity contribution in [3.8, 4) is 0 Å². The Hall–Kier alpha value is -0.770. The van der Waals surface area contributed by atoms with Gasteiger partial charge in [0.05, 0.1) is 0 Å². The first-order valence-corrected chi connectivity index (χ1v) is 6.01. The lowest BCUT2D eigenvalue weighted by molar-refractivity contribution is -0.0245. The highest BCUT2D eigenvalue weighted by Gasteiger charge is 2.47. The van der Waals surface area contributed by atoms with Crippen molar-refractivity contribution in [1.82, 2.24) is 10.2 Å². The maximum atomic E-state index is 11.9. The van der Waals surface area contributed by atoms with Gasteiger partial charge in [0.2, 0.25) is 0 Å². The third kappa shape index (κ3) is 2.17. The Morgan fingerprint density at radius 2 is 2.19 bits per heavy atom. The standard InChI is InChI=1S/C12H22N2O2/c1-11(2,3)16-10(15)14-6-5-9-12(4,8-14)7-13-9/h9,13H,5-8H2,1-4H3/t9-,12+/m1/s1. The van der Waals surface area contributed by atoms with Crippen LogP contribution in [-0.4, -0.2) is 42.3 Å². The van der Waals surface area contributed by atoms with Crippen LogP contribution in [0.15, 0.2) is 0 Å². The van der Waals surface area contributed by atoms with E-state index in [-0.39, 0.29) is 11.5 Å². The summed E-state index contributed by atoms with van der Waals surface area (Å²) in [6.45, 7) is 10.6. The molecule has 4 nitrogen and oxygen atoms in total. The molecule has 92 valence electrons. The van der Waals surface area contributed by atoms with Crippen LogP contribution < -0.4 is 5.32 Å². The van der Waals surface area contributed by atoms with Crippen LogP contribution in [0.4, 0.5) is 4.79 Å².